The van der Waals surface area contributed by atoms with Gasteiger partial charge in [0.15, 0.2) is 0 Å². The number of amides is 2. The Kier molecular flexibility index (Phi) is 7.49. The molecule has 2 amide bonds. The second-order valence-electron chi connectivity index (χ2n) is 6.78. The zero-order chi connectivity index (χ0) is 19.8. The summed E-state index contributed by atoms with van der Waals surface area (Å²) in [6, 6.07) is 14.8. The molecule has 0 heterocycles. The number of likely N-dealkylation sites (N-methyl/N-ethyl adjacent to an activating group) is 1. The highest BCUT2D eigenvalue weighted by Crippen LogP contribution is 2.18. The molecule has 5 nitrogen and oxygen atoms in total. The van der Waals surface area contributed by atoms with Gasteiger partial charge < -0.3 is 15.5 Å². The molecule has 2 aromatic carbocycles. The van der Waals surface area contributed by atoms with Crippen molar-refractivity contribution in [1.29, 1.82) is 0 Å². The summed E-state index contributed by atoms with van der Waals surface area (Å²) in [5.74, 6) is -0.677. The van der Waals surface area contributed by atoms with E-state index in [9.17, 15) is 14.0 Å². The van der Waals surface area contributed by atoms with Crippen molar-refractivity contribution in [3.8, 4) is 0 Å². The zero-order valence-corrected chi connectivity index (χ0v) is 15.9. The maximum absolute atomic E-state index is 13.5. The lowest BCUT2D eigenvalue weighted by molar-refractivity contribution is -0.121. The Morgan fingerprint density at radius 2 is 1.78 bits per heavy atom. The highest BCUT2D eigenvalue weighted by atomic mass is 19.1. The van der Waals surface area contributed by atoms with Crippen LogP contribution < -0.4 is 10.6 Å². The third kappa shape index (κ3) is 6.49. The number of benzene rings is 2. The van der Waals surface area contributed by atoms with Crippen LogP contribution in [-0.2, 0) is 4.79 Å². The molecule has 0 aromatic heterocycles. The van der Waals surface area contributed by atoms with Crippen molar-refractivity contribution in [2.45, 2.75) is 25.4 Å². The first kappa shape index (κ1) is 20.6. The number of rotatable bonds is 8. The number of hydrogen-bond acceptors (Lipinski definition) is 3. The topological polar surface area (TPSA) is 61.4 Å². The van der Waals surface area contributed by atoms with Crippen molar-refractivity contribution in [3.05, 3.63) is 71.5 Å². The van der Waals surface area contributed by atoms with Gasteiger partial charge in [-0.05, 0) is 50.8 Å². The van der Waals surface area contributed by atoms with E-state index in [0.29, 0.717) is 12.1 Å². The van der Waals surface area contributed by atoms with Gasteiger partial charge in [0.2, 0.25) is 5.91 Å². The minimum absolute atomic E-state index is 0.140. The molecule has 2 rings (SSSR count). The molecule has 2 aromatic rings. The highest BCUT2D eigenvalue weighted by molar-refractivity contribution is 5.94. The van der Waals surface area contributed by atoms with Crippen LogP contribution in [0.1, 0.15) is 35.3 Å². The van der Waals surface area contributed by atoms with E-state index in [2.05, 4.69) is 10.6 Å². The SMILES string of the molecule is C[C@@H](CC(=O)NC[C@@H](c1cccc(F)c1)N(C)C)NC(=O)c1ccccc1. The molecule has 0 saturated carbocycles. The summed E-state index contributed by atoms with van der Waals surface area (Å²) in [5, 5.41) is 5.69. The van der Waals surface area contributed by atoms with Gasteiger partial charge in [0.1, 0.15) is 5.82 Å². The maximum Gasteiger partial charge on any atom is 0.251 e. The van der Waals surface area contributed by atoms with Crippen LogP contribution in [0.25, 0.3) is 0 Å². The van der Waals surface area contributed by atoms with Crippen molar-refractivity contribution >= 4 is 11.8 Å². The molecule has 2 atom stereocenters. The minimum atomic E-state index is -0.303. The molecule has 0 radical (unpaired) electrons. The van der Waals surface area contributed by atoms with Gasteiger partial charge in [0.25, 0.3) is 5.91 Å². The van der Waals surface area contributed by atoms with Gasteiger partial charge >= 0.3 is 0 Å². The number of hydrogen-bond donors (Lipinski definition) is 2. The van der Waals surface area contributed by atoms with Crippen LogP contribution in [0.15, 0.2) is 54.6 Å². The molecule has 0 spiro atoms. The van der Waals surface area contributed by atoms with Crippen molar-refractivity contribution in [1.82, 2.24) is 15.5 Å². The standard InChI is InChI=1S/C21H26FN3O2/c1-15(24-21(27)16-8-5-4-6-9-16)12-20(26)23-14-19(25(2)3)17-10-7-11-18(22)13-17/h4-11,13,15,19H,12,14H2,1-3H3,(H,23,26)(H,24,27)/t15-,19-/m0/s1. The van der Waals surface area contributed by atoms with Crippen molar-refractivity contribution in [2.75, 3.05) is 20.6 Å². The average molecular weight is 371 g/mol. The quantitative estimate of drug-likeness (QED) is 0.750. The summed E-state index contributed by atoms with van der Waals surface area (Å²) < 4.78 is 13.5. The van der Waals surface area contributed by atoms with E-state index >= 15 is 0 Å². The fourth-order valence-electron chi connectivity index (χ4n) is 2.82. The lowest BCUT2D eigenvalue weighted by Crippen LogP contribution is -2.39. The van der Waals surface area contributed by atoms with Crippen LogP contribution in [0.3, 0.4) is 0 Å². The number of carbonyl (C=O) groups is 2. The Labute approximate surface area is 159 Å². The van der Waals surface area contributed by atoms with Crippen LogP contribution in [-0.4, -0.2) is 43.4 Å². The lowest BCUT2D eigenvalue weighted by Gasteiger charge is -2.25. The van der Waals surface area contributed by atoms with Crippen molar-refractivity contribution < 1.29 is 14.0 Å². The van der Waals surface area contributed by atoms with Crippen LogP contribution >= 0.6 is 0 Å². The van der Waals surface area contributed by atoms with E-state index in [-0.39, 0.29) is 36.1 Å². The second kappa shape index (κ2) is 9.83. The summed E-state index contributed by atoms with van der Waals surface area (Å²) in [7, 11) is 3.76. The van der Waals surface area contributed by atoms with Gasteiger partial charge in [0, 0.05) is 24.6 Å². The van der Waals surface area contributed by atoms with Gasteiger partial charge in [-0.2, -0.15) is 0 Å². The van der Waals surface area contributed by atoms with E-state index < -0.39 is 0 Å². The lowest BCUT2D eigenvalue weighted by atomic mass is 10.1. The van der Waals surface area contributed by atoms with Crippen LogP contribution in [0.5, 0.6) is 0 Å². The fourth-order valence-corrected chi connectivity index (χ4v) is 2.82. The summed E-state index contributed by atoms with van der Waals surface area (Å²) in [6.07, 6.45) is 0.169. The molecule has 0 aliphatic rings. The molecular weight excluding hydrogens is 345 g/mol. The smallest absolute Gasteiger partial charge is 0.251 e. The number of nitrogens with zero attached hydrogens (tertiary/aromatic N) is 1. The van der Waals surface area contributed by atoms with E-state index in [4.69, 9.17) is 0 Å². The predicted octanol–water partition coefficient (Wildman–Crippen LogP) is 2.75. The molecule has 0 saturated heterocycles. The third-order valence-corrected chi connectivity index (χ3v) is 4.25. The predicted molar refractivity (Wildman–Crippen MR) is 104 cm³/mol. The van der Waals surface area contributed by atoms with Crippen molar-refractivity contribution in [3.63, 3.8) is 0 Å². The first-order valence-electron chi connectivity index (χ1n) is 8.91. The Balaban J connectivity index is 1.86. The normalized spacial score (nSPS) is 13.1. The largest absolute Gasteiger partial charge is 0.354 e. The van der Waals surface area contributed by atoms with Gasteiger partial charge in [-0.25, -0.2) is 4.39 Å². The zero-order valence-electron chi connectivity index (χ0n) is 15.9. The van der Waals surface area contributed by atoms with Crippen LogP contribution in [0.2, 0.25) is 0 Å². The molecule has 0 aliphatic carbocycles. The number of nitrogens with one attached hydrogen (secondary N) is 2. The third-order valence-electron chi connectivity index (χ3n) is 4.25. The van der Waals surface area contributed by atoms with E-state index in [1.165, 1.54) is 12.1 Å². The Hall–Kier alpha value is -2.73. The van der Waals surface area contributed by atoms with E-state index in [0.717, 1.165) is 5.56 Å². The second-order valence-corrected chi connectivity index (χ2v) is 6.78. The maximum atomic E-state index is 13.5. The summed E-state index contributed by atoms with van der Waals surface area (Å²) >= 11 is 0. The molecule has 6 heteroatoms. The summed E-state index contributed by atoms with van der Waals surface area (Å²) in [4.78, 5) is 26.3. The summed E-state index contributed by atoms with van der Waals surface area (Å²) in [6.45, 7) is 2.14. The van der Waals surface area contributed by atoms with Gasteiger partial charge in [-0.3, -0.25) is 9.59 Å². The fraction of sp³-hybridized carbons (Fsp3) is 0.333. The minimum Gasteiger partial charge on any atom is -0.354 e. The molecule has 2 N–H and O–H groups in total. The molecular formula is C21H26FN3O2. The molecule has 27 heavy (non-hydrogen) atoms. The molecule has 0 fully saturated rings. The highest BCUT2D eigenvalue weighted by Gasteiger charge is 2.18. The van der Waals surface area contributed by atoms with Crippen LogP contribution in [0.4, 0.5) is 4.39 Å². The molecule has 0 unspecified atom stereocenters. The van der Waals surface area contributed by atoms with E-state index in [1.807, 2.05) is 31.1 Å². The van der Waals surface area contributed by atoms with Crippen LogP contribution in [0, 0.1) is 5.82 Å². The first-order valence-corrected chi connectivity index (χ1v) is 8.91. The van der Waals surface area contributed by atoms with Gasteiger partial charge in [-0.1, -0.05) is 30.3 Å². The Morgan fingerprint density at radius 1 is 1.07 bits per heavy atom. The summed E-state index contributed by atoms with van der Waals surface area (Å²) in [5.41, 5.74) is 1.36. The average Bonchev–Trinajstić information content (AvgIpc) is 2.62. The van der Waals surface area contributed by atoms with Gasteiger partial charge in [0.05, 0.1) is 6.04 Å². The number of carbonyl (C=O) groups excluding carboxylic acids is 2. The Morgan fingerprint density at radius 3 is 2.41 bits per heavy atom. The Bertz CT molecular complexity index is 765. The number of halogens is 1. The van der Waals surface area contributed by atoms with E-state index in [1.54, 1.807) is 37.3 Å². The first-order chi connectivity index (χ1) is 12.9. The van der Waals surface area contributed by atoms with Crippen molar-refractivity contribution in [2.24, 2.45) is 0 Å². The molecule has 0 aliphatic heterocycles. The monoisotopic (exact) mass is 371 g/mol. The molecule has 144 valence electrons. The molecule has 0 bridgehead atoms. The van der Waals surface area contributed by atoms with Gasteiger partial charge in [-0.15, -0.1) is 0 Å².